The van der Waals surface area contributed by atoms with Crippen LogP contribution in [0.4, 0.5) is 0 Å². The molecule has 1 aliphatic rings. The first-order chi connectivity index (χ1) is 8.47. The first-order valence-corrected chi connectivity index (χ1v) is 6.92. The molecule has 1 amide bonds. The zero-order valence-corrected chi connectivity index (χ0v) is 12.6. The fraction of sp³-hybridized carbons (Fsp3) is 0.667. The Bertz CT molecular complexity index is 453. The standard InChI is InChI=1S/C12H19BrN4O/c1-8-12(13)10(17(3)15-8)6-16(2)7-11(18)14-9-4-5-9/h9H,4-7H2,1-3H3,(H,14,18). The van der Waals surface area contributed by atoms with E-state index in [9.17, 15) is 4.79 Å². The number of rotatable bonds is 5. The SMILES string of the molecule is Cc1nn(C)c(CN(C)CC(=O)NC2CC2)c1Br. The van der Waals surface area contributed by atoms with Crippen molar-refractivity contribution in [2.75, 3.05) is 13.6 Å². The van der Waals surface area contributed by atoms with Gasteiger partial charge >= 0.3 is 0 Å². The van der Waals surface area contributed by atoms with Crippen LogP contribution in [-0.4, -0.2) is 40.2 Å². The number of halogens is 1. The molecule has 0 radical (unpaired) electrons. The highest BCUT2D eigenvalue weighted by Crippen LogP contribution is 2.21. The number of likely N-dealkylation sites (N-methyl/N-ethyl adjacent to an activating group) is 1. The Morgan fingerprint density at radius 1 is 1.61 bits per heavy atom. The zero-order chi connectivity index (χ0) is 13.3. The fourth-order valence-electron chi connectivity index (χ4n) is 1.91. The molecule has 100 valence electrons. The lowest BCUT2D eigenvalue weighted by Gasteiger charge is -2.16. The summed E-state index contributed by atoms with van der Waals surface area (Å²) in [5, 5.41) is 7.33. The summed E-state index contributed by atoms with van der Waals surface area (Å²) in [5.74, 6) is 0.106. The van der Waals surface area contributed by atoms with Crippen LogP contribution in [0.15, 0.2) is 4.47 Å². The van der Waals surface area contributed by atoms with Gasteiger partial charge < -0.3 is 5.32 Å². The van der Waals surface area contributed by atoms with E-state index in [1.807, 2.05) is 30.6 Å². The topological polar surface area (TPSA) is 50.2 Å². The Balaban J connectivity index is 1.89. The van der Waals surface area contributed by atoms with Crippen LogP contribution in [0.2, 0.25) is 0 Å². The Kier molecular flexibility index (Phi) is 4.07. The maximum atomic E-state index is 11.7. The van der Waals surface area contributed by atoms with Crippen molar-refractivity contribution in [2.45, 2.75) is 32.4 Å². The van der Waals surface area contributed by atoms with Crippen molar-refractivity contribution < 1.29 is 4.79 Å². The molecule has 0 unspecified atom stereocenters. The van der Waals surface area contributed by atoms with Gasteiger partial charge in [0.25, 0.3) is 0 Å². The van der Waals surface area contributed by atoms with Gasteiger partial charge in [0.2, 0.25) is 5.91 Å². The molecule has 0 saturated heterocycles. The number of hydrogen-bond acceptors (Lipinski definition) is 3. The van der Waals surface area contributed by atoms with Crippen molar-refractivity contribution in [2.24, 2.45) is 7.05 Å². The summed E-state index contributed by atoms with van der Waals surface area (Å²) in [6, 6.07) is 0.427. The summed E-state index contributed by atoms with van der Waals surface area (Å²) >= 11 is 3.54. The molecule has 2 rings (SSSR count). The quantitative estimate of drug-likeness (QED) is 0.888. The van der Waals surface area contributed by atoms with E-state index >= 15 is 0 Å². The van der Waals surface area contributed by atoms with Crippen molar-refractivity contribution in [1.82, 2.24) is 20.0 Å². The van der Waals surface area contributed by atoms with E-state index in [1.165, 1.54) is 0 Å². The van der Waals surface area contributed by atoms with Crippen molar-refractivity contribution in [3.05, 3.63) is 15.9 Å². The number of amides is 1. The summed E-state index contributed by atoms with van der Waals surface area (Å²) in [5.41, 5.74) is 2.07. The second-order valence-corrected chi connectivity index (χ2v) is 5.78. The molecule has 1 fully saturated rings. The molecule has 1 saturated carbocycles. The molecule has 1 N–H and O–H groups in total. The minimum absolute atomic E-state index is 0.106. The van der Waals surface area contributed by atoms with Crippen LogP contribution in [0.25, 0.3) is 0 Å². The molecule has 1 aromatic rings. The van der Waals surface area contributed by atoms with E-state index in [0.717, 1.165) is 28.7 Å². The van der Waals surface area contributed by atoms with Crippen LogP contribution < -0.4 is 5.32 Å². The smallest absolute Gasteiger partial charge is 0.234 e. The molecular formula is C12H19BrN4O. The number of nitrogens with one attached hydrogen (secondary N) is 1. The van der Waals surface area contributed by atoms with Gasteiger partial charge in [-0.25, -0.2) is 0 Å². The Morgan fingerprint density at radius 3 is 2.78 bits per heavy atom. The highest BCUT2D eigenvalue weighted by Gasteiger charge is 2.23. The van der Waals surface area contributed by atoms with Gasteiger partial charge in [-0.3, -0.25) is 14.4 Å². The number of carbonyl (C=O) groups excluding carboxylic acids is 1. The first-order valence-electron chi connectivity index (χ1n) is 6.13. The summed E-state index contributed by atoms with van der Waals surface area (Å²) in [7, 11) is 3.87. The molecule has 1 aromatic heterocycles. The van der Waals surface area contributed by atoms with Gasteiger partial charge in [0.15, 0.2) is 0 Å². The normalized spacial score (nSPS) is 15.2. The average molecular weight is 315 g/mol. The third kappa shape index (κ3) is 3.32. The summed E-state index contributed by atoms with van der Waals surface area (Å²) in [6.07, 6.45) is 2.25. The van der Waals surface area contributed by atoms with Gasteiger partial charge in [0.1, 0.15) is 0 Å². The third-order valence-electron chi connectivity index (χ3n) is 3.04. The van der Waals surface area contributed by atoms with Crippen molar-refractivity contribution in [3.8, 4) is 0 Å². The van der Waals surface area contributed by atoms with Gasteiger partial charge in [0, 0.05) is 19.6 Å². The van der Waals surface area contributed by atoms with Crippen LogP contribution in [0, 0.1) is 6.92 Å². The summed E-state index contributed by atoms with van der Waals surface area (Å²) < 4.78 is 2.88. The molecule has 6 heteroatoms. The summed E-state index contributed by atoms with van der Waals surface area (Å²) in [6.45, 7) is 3.09. The van der Waals surface area contributed by atoms with E-state index in [1.54, 1.807) is 0 Å². The lowest BCUT2D eigenvalue weighted by Crippen LogP contribution is -2.36. The van der Waals surface area contributed by atoms with E-state index in [2.05, 4.69) is 26.3 Å². The molecule has 5 nitrogen and oxygen atoms in total. The minimum Gasteiger partial charge on any atom is -0.352 e. The largest absolute Gasteiger partial charge is 0.352 e. The van der Waals surface area contributed by atoms with Gasteiger partial charge in [-0.2, -0.15) is 5.10 Å². The molecule has 18 heavy (non-hydrogen) atoms. The molecule has 0 aromatic carbocycles. The van der Waals surface area contributed by atoms with Gasteiger partial charge in [-0.05, 0) is 42.7 Å². The monoisotopic (exact) mass is 314 g/mol. The minimum atomic E-state index is 0.106. The Hall–Kier alpha value is -0.880. The second kappa shape index (κ2) is 5.40. The number of carbonyl (C=O) groups is 1. The molecule has 1 heterocycles. The van der Waals surface area contributed by atoms with Crippen LogP contribution in [0.1, 0.15) is 24.2 Å². The lowest BCUT2D eigenvalue weighted by molar-refractivity contribution is -0.122. The highest BCUT2D eigenvalue weighted by molar-refractivity contribution is 9.10. The van der Waals surface area contributed by atoms with E-state index in [-0.39, 0.29) is 5.91 Å². The Morgan fingerprint density at radius 2 is 2.28 bits per heavy atom. The van der Waals surface area contributed by atoms with Crippen LogP contribution in [0.5, 0.6) is 0 Å². The van der Waals surface area contributed by atoms with Crippen molar-refractivity contribution >= 4 is 21.8 Å². The number of nitrogens with zero attached hydrogens (tertiary/aromatic N) is 3. The average Bonchev–Trinajstić information content (AvgIpc) is 3.04. The van der Waals surface area contributed by atoms with E-state index in [0.29, 0.717) is 19.1 Å². The van der Waals surface area contributed by atoms with Crippen molar-refractivity contribution in [1.29, 1.82) is 0 Å². The van der Waals surface area contributed by atoms with Crippen LogP contribution >= 0.6 is 15.9 Å². The second-order valence-electron chi connectivity index (χ2n) is 4.98. The van der Waals surface area contributed by atoms with Gasteiger partial charge in [-0.15, -0.1) is 0 Å². The number of hydrogen-bond donors (Lipinski definition) is 1. The predicted octanol–water partition coefficient (Wildman–Crippen LogP) is 1.20. The van der Waals surface area contributed by atoms with E-state index in [4.69, 9.17) is 0 Å². The highest BCUT2D eigenvalue weighted by atomic mass is 79.9. The van der Waals surface area contributed by atoms with Crippen LogP contribution in [0.3, 0.4) is 0 Å². The maximum Gasteiger partial charge on any atom is 0.234 e. The molecule has 0 atom stereocenters. The van der Waals surface area contributed by atoms with Gasteiger partial charge in [-0.1, -0.05) is 0 Å². The fourth-order valence-corrected chi connectivity index (χ4v) is 2.37. The van der Waals surface area contributed by atoms with Gasteiger partial charge in [0.05, 0.1) is 22.4 Å². The summed E-state index contributed by atoms with van der Waals surface area (Å²) in [4.78, 5) is 13.7. The number of aryl methyl sites for hydroxylation is 2. The molecular weight excluding hydrogens is 296 g/mol. The number of aromatic nitrogens is 2. The van der Waals surface area contributed by atoms with Crippen LogP contribution in [-0.2, 0) is 18.4 Å². The molecule has 0 spiro atoms. The first kappa shape index (κ1) is 13.5. The Labute approximate surface area is 116 Å². The molecule has 1 aliphatic carbocycles. The van der Waals surface area contributed by atoms with E-state index < -0.39 is 0 Å². The predicted molar refractivity (Wildman–Crippen MR) is 73.1 cm³/mol. The van der Waals surface area contributed by atoms with Crippen molar-refractivity contribution in [3.63, 3.8) is 0 Å². The molecule has 0 bridgehead atoms. The molecule has 0 aliphatic heterocycles. The lowest BCUT2D eigenvalue weighted by atomic mass is 10.3. The maximum absolute atomic E-state index is 11.7. The zero-order valence-electron chi connectivity index (χ0n) is 11.0. The third-order valence-corrected chi connectivity index (χ3v) is 4.07.